The van der Waals surface area contributed by atoms with E-state index in [0.717, 1.165) is 56.0 Å². The van der Waals surface area contributed by atoms with Gasteiger partial charge in [0.15, 0.2) is 0 Å². The van der Waals surface area contributed by atoms with Crippen molar-refractivity contribution in [2.24, 2.45) is 5.92 Å². The molecule has 0 saturated carbocycles. The van der Waals surface area contributed by atoms with Gasteiger partial charge in [0.05, 0.1) is 6.54 Å². The van der Waals surface area contributed by atoms with Crippen molar-refractivity contribution < 1.29 is 14.0 Å². The first-order valence-electron chi connectivity index (χ1n) is 11.8. The van der Waals surface area contributed by atoms with Crippen LogP contribution in [0.5, 0.6) is 0 Å². The first kappa shape index (κ1) is 23.2. The molecule has 0 bridgehead atoms. The third kappa shape index (κ3) is 5.90. The number of rotatable bonds is 5. The molecule has 0 aromatic heterocycles. The first-order chi connectivity index (χ1) is 15.9. The Morgan fingerprint density at radius 1 is 0.939 bits per heavy atom. The van der Waals surface area contributed by atoms with Crippen molar-refractivity contribution in [3.05, 3.63) is 59.4 Å². The summed E-state index contributed by atoms with van der Waals surface area (Å²) in [5, 5.41) is 3.01. The topological polar surface area (TPSA) is 55.9 Å². The second kappa shape index (κ2) is 10.3. The number of hydrogen-bond acceptors (Lipinski definition) is 4. The highest BCUT2D eigenvalue weighted by molar-refractivity contribution is 5.93. The zero-order chi connectivity index (χ0) is 23.4. The number of piperidine rings is 1. The van der Waals surface area contributed by atoms with Crippen LogP contribution in [0.2, 0.25) is 0 Å². The summed E-state index contributed by atoms with van der Waals surface area (Å²) in [5.41, 5.74) is 4.09. The highest BCUT2D eigenvalue weighted by atomic mass is 19.1. The number of carbonyl (C=O) groups excluding carboxylic acids is 2. The smallest absolute Gasteiger partial charge is 0.238 e. The largest absolute Gasteiger partial charge is 0.368 e. The summed E-state index contributed by atoms with van der Waals surface area (Å²) in [6.07, 6.45) is 1.57. The highest BCUT2D eigenvalue weighted by Crippen LogP contribution is 2.23. The molecule has 2 aliphatic heterocycles. The number of likely N-dealkylation sites (tertiary alicyclic amines) is 1. The number of anilines is 2. The molecule has 7 heteroatoms. The monoisotopic (exact) mass is 452 g/mol. The van der Waals surface area contributed by atoms with Crippen LogP contribution in [0.3, 0.4) is 0 Å². The summed E-state index contributed by atoms with van der Waals surface area (Å²) >= 11 is 0. The third-order valence-corrected chi connectivity index (χ3v) is 6.74. The first-order valence-corrected chi connectivity index (χ1v) is 11.8. The lowest BCUT2D eigenvalue weighted by atomic mass is 9.95. The maximum absolute atomic E-state index is 13.2. The average Bonchev–Trinajstić information content (AvgIpc) is 2.82. The number of aryl methyl sites for hydroxylation is 2. The van der Waals surface area contributed by atoms with Gasteiger partial charge in [-0.3, -0.25) is 14.5 Å². The fourth-order valence-corrected chi connectivity index (χ4v) is 4.78. The van der Waals surface area contributed by atoms with Gasteiger partial charge in [0.2, 0.25) is 11.8 Å². The van der Waals surface area contributed by atoms with Crippen molar-refractivity contribution in [3.63, 3.8) is 0 Å². The van der Waals surface area contributed by atoms with Crippen LogP contribution in [-0.2, 0) is 9.59 Å². The minimum Gasteiger partial charge on any atom is -0.368 e. The molecule has 2 aromatic carbocycles. The fourth-order valence-electron chi connectivity index (χ4n) is 4.78. The highest BCUT2D eigenvalue weighted by Gasteiger charge is 2.31. The van der Waals surface area contributed by atoms with Gasteiger partial charge in [-0.25, -0.2) is 4.39 Å². The standard InChI is InChI=1S/C26H33FN4O2/c1-19-3-8-24(20(2)17-19)28-25(32)18-29-11-9-21(10-12-29)26(33)31-15-13-30(14-16-31)23-6-4-22(27)5-7-23/h3-8,17,21H,9-16,18H2,1-2H3,(H,28,32). The minimum atomic E-state index is -0.235. The number of piperazine rings is 1. The van der Waals surface area contributed by atoms with E-state index in [9.17, 15) is 14.0 Å². The molecule has 33 heavy (non-hydrogen) atoms. The number of halogens is 1. The number of carbonyl (C=O) groups is 2. The molecule has 2 aliphatic rings. The Morgan fingerprint density at radius 3 is 2.24 bits per heavy atom. The Hall–Kier alpha value is -2.93. The van der Waals surface area contributed by atoms with Crippen molar-refractivity contribution in [2.75, 3.05) is 56.0 Å². The molecule has 6 nitrogen and oxygen atoms in total. The van der Waals surface area contributed by atoms with E-state index in [-0.39, 0.29) is 23.5 Å². The number of nitrogens with zero attached hydrogens (tertiary/aromatic N) is 3. The van der Waals surface area contributed by atoms with E-state index in [1.807, 2.05) is 30.9 Å². The zero-order valence-corrected chi connectivity index (χ0v) is 19.5. The molecule has 2 aromatic rings. The second-order valence-electron chi connectivity index (χ2n) is 9.21. The van der Waals surface area contributed by atoms with Gasteiger partial charge in [-0.05, 0) is 75.7 Å². The SMILES string of the molecule is Cc1ccc(NC(=O)CN2CCC(C(=O)N3CCN(c4ccc(F)cc4)CC3)CC2)c(C)c1. The van der Waals surface area contributed by atoms with Crippen LogP contribution in [-0.4, -0.2) is 67.4 Å². The van der Waals surface area contributed by atoms with E-state index in [2.05, 4.69) is 21.2 Å². The van der Waals surface area contributed by atoms with Crippen LogP contribution >= 0.6 is 0 Å². The average molecular weight is 453 g/mol. The molecule has 2 amide bonds. The summed E-state index contributed by atoms with van der Waals surface area (Å²) < 4.78 is 13.2. The molecule has 2 fully saturated rings. The van der Waals surface area contributed by atoms with E-state index in [4.69, 9.17) is 0 Å². The summed E-state index contributed by atoms with van der Waals surface area (Å²) in [4.78, 5) is 31.8. The van der Waals surface area contributed by atoms with Crippen LogP contribution in [0.25, 0.3) is 0 Å². The van der Waals surface area contributed by atoms with Crippen LogP contribution in [0.1, 0.15) is 24.0 Å². The molecule has 4 rings (SSSR count). The summed E-state index contributed by atoms with van der Waals surface area (Å²) in [5.74, 6) is 0.0134. The van der Waals surface area contributed by atoms with Gasteiger partial charge >= 0.3 is 0 Å². The maximum Gasteiger partial charge on any atom is 0.238 e. The molecule has 176 valence electrons. The van der Waals surface area contributed by atoms with E-state index in [1.165, 1.54) is 17.7 Å². The number of nitrogens with one attached hydrogen (secondary N) is 1. The Bertz CT molecular complexity index is 978. The molecular formula is C26H33FN4O2. The fraction of sp³-hybridized carbons (Fsp3) is 0.462. The lowest BCUT2D eigenvalue weighted by Gasteiger charge is -2.39. The van der Waals surface area contributed by atoms with Gasteiger partial charge in [-0.2, -0.15) is 0 Å². The summed E-state index contributed by atoms with van der Waals surface area (Å²) in [6, 6.07) is 12.5. The van der Waals surface area contributed by atoms with E-state index in [1.54, 1.807) is 12.1 Å². The summed E-state index contributed by atoms with van der Waals surface area (Å²) in [7, 11) is 0. The number of amides is 2. The quantitative estimate of drug-likeness (QED) is 0.755. The van der Waals surface area contributed by atoms with Gasteiger partial charge in [-0.1, -0.05) is 17.7 Å². The second-order valence-corrected chi connectivity index (χ2v) is 9.21. The van der Waals surface area contributed by atoms with Gasteiger partial charge in [-0.15, -0.1) is 0 Å². The normalized spacial score (nSPS) is 17.8. The molecule has 0 unspecified atom stereocenters. The van der Waals surface area contributed by atoms with Crippen LogP contribution in [0, 0.1) is 25.6 Å². The van der Waals surface area contributed by atoms with Crippen LogP contribution < -0.4 is 10.2 Å². The van der Waals surface area contributed by atoms with Gasteiger partial charge in [0, 0.05) is 43.5 Å². The van der Waals surface area contributed by atoms with Gasteiger partial charge in [0.1, 0.15) is 5.82 Å². The lowest BCUT2D eigenvalue weighted by Crippen LogP contribution is -2.52. The van der Waals surface area contributed by atoms with Crippen molar-refractivity contribution in [1.82, 2.24) is 9.80 Å². The minimum absolute atomic E-state index is 0.0105. The Balaban J connectivity index is 1.20. The van der Waals surface area contributed by atoms with E-state index >= 15 is 0 Å². The predicted octanol–water partition coefficient (Wildman–Crippen LogP) is 3.44. The zero-order valence-electron chi connectivity index (χ0n) is 19.5. The van der Waals surface area contributed by atoms with Crippen molar-refractivity contribution in [3.8, 4) is 0 Å². The number of hydrogen-bond donors (Lipinski definition) is 1. The van der Waals surface area contributed by atoms with Gasteiger partial charge in [0.25, 0.3) is 0 Å². The maximum atomic E-state index is 13.2. The predicted molar refractivity (Wildman–Crippen MR) is 129 cm³/mol. The Morgan fingerprint density at radius 2 is 1.61 bits per heavy atom. The van der Waals surface area contributed by atoms with Crippen molar-refractivity contribution in [1.29, 1.82) is 0 Å². The molecule has 0 spiro atoms. The molecular weight excluding hydrogens is 419 g/mol. The van der Waals surface area contributed by atoms with E-state index in [0.29, 0.717) is 19.6 Å². The van der Waals surface area contributed by atoms with Crippen molar-refractivity contribution >= 4 is 23.2 Å². The van der Waals surface area contributed by atoms with E-state index < -0.39 is 0 Å². The Kier molecular flexibility index (Phi) is 7.28. The molecule has 2 saturated heterocycles. The molecule has 0 atom stereocenters. The molecule has 2 heterocycles. The van der Waals surface area contributed by atoms with Crippen molar-refractivity contribution in [2.45, 2.75) is 26.7 Å². The van der Waals surface area contributed by atoms with Crippen LogP contribution in [0.4, 0.5) is 15.8 Å². The molecule has 0 radical (unpaired) electrons. The molecule has 1 N–H and O–H groups in total. The number of benzene rings is 2. The van der Waals surface area contributed by atoms with Gasteiger partial charge < -0.3 is 15.1 Å². The third-order valence-electron chi connectivity index (χ3n) is 6.74. The molecule has 0 aliphatic carbocycles. The Labute approximate surface area is 195 Å². The summed E-state index contributed by atoms with van der Waals surface area (Å²) in [6.45, 7) is 8.80. The lowest BCUT2D eigenvalue weighted by molar-refractivity contribution is -0.137. The van der Waals surface area contributed by atoms with Crippen LogP contribution in [0.15, 0.2) is 42.5 Å².